The normalized spacial score (nSPS) is 18.9. The number of nitro groups is 1. The van der Waals surface area contributed by atoms with E-state index in [-0.39, 0.29) is 24.9 Å². The molecule has 1 saturated heterocycles. The number of aliphatic hydroxyl groups excluding tert-OH is 1. The summed E-state index contributed by atoms with van der Waals surface area (Å²) in [6.45, 7) is 1.41. The number of aliphatic hydroxyl groups is 1. The molecule has 5 N–H and O–H groups in total. The number of likely N-dealkylation sites (tertiary alicyclic amines) is 1. The van der Waals surface area contributed by atoms with Gasteiger partial charge in [-0.3, -0.25) is 10.1 Å². The van der Waals surface area contributed by atoms with Gasteiger partial charge in [0.25, 0.3) is 5.69 Å². The maximum absolute atomic E-state index is 12.3. The van der Waals surface area contributed by atoms with Crippen molar-refractivity contribution < 1.29 is 24.4 Å². The number of urea groups is 1. The van der Waals surface area contributed by atoms with Gasteiger partial charge >= 0.3 is 12.1 Å². The number of benzene rings is 1. The van der Waals surface area contributed by atoms with E-state index >= 15 is 0 Å². The van der Waals surface area contributed by atoms with E-state index in [4.69, 9.17) is 10.5 Å². The number of nitrogens with one attached hydrogen (secondary N) is 2. The van der Waals surface area contributed by atoms with Crippen molar-refractivity contribution in [3.8, 4) is 0 Å². The van der Waals surface area contributed by atoms with E-state index in [1.807, 2.05) is 0 Å². The molecule has 148 valence electrons. The van der Waals surface area contributed by atoms with Crippen LogP contribution in [-0.4, -0.2) is 65.4 Å². The molecule has 1 aliphatic rings. The lowest BCUT2D eigenvalue weighted by Gasteiger charge is -2.24. The number of amides is 3. The summed E-state index contributed by atoms with van der Waals surface area (Å²) in [5.74, 6) is 0. The van der Waals surface area contributed by atoms with Crippen molar-refractivity contribution in [1.82, 2.24) is 15.5 Å². The molecule has 0 saturated carbocycles. The summed E-state index contributed by atoms with van der Waals surface area (Å²) in [5.41, 5.74) is 5.56. The monoisotopic (exact) mass is 381 g/mol. The molecule has 11 nitrogen and oxygen atoms in total. The Balaban J connectivity index is 1.80. The molecule has 2 rings (SSSR count). The summed E-state index contributed by atoms with van der Waals surface area (Å²) in [6, 6.07) is 4.89. The summed E-state index contributed by atoms with van der Waals surface area (Å²) in [7, 11) is 0. The molecule has 1 heterocycles. The SMILES string of the molecule is NC(=O)NCCNC[C@@H]1C[C@@H](O)CN1C(=O)OCc1ccc([N+](=O)[O-])cc1. The molecule has 1 fully saturated rings. The Morgan fingerprint density at radius 2 is 2.04 bits per heavy atom. The second-order valence-corrected chi connectivity index (χ2v) is 6.17. The molecule has 1 aromatic rings. The number of hydrogen-bond acceptors (Lipinski definition) is 7. The number of ether oxygens (including phenoxy) is 1. The van der Waals surface area contributed by atoms with Crippen molar-refractivity contribution in [2.45, 2.75) is 25.2 Å². The molecule has 0 bridgehead atoms. The van der Waals surface area contributed by atoms with Crippen LogP contribution < -0.4 is 16.4 Å². The Morgan fingerprint density at radius 1 is 1.33 bits per heavy atom. The minimum absolute atomic E-state index is 0.0217. The van der Waals surface area contributed by atoms with Crippen molar-refractivity contribution in [2.75, 3.05) is 26.2 Å². The zero-order valence-electron chi connectivity index (χ0n) is 14.7. The Morgan fingerprint density at radius 3 is 2.67 bits per heavy atom. The fraction of sp³-hybridized carbons (Fsp3) is 0.500. The standard InChI is InChI=1S/C16H23N5O6/c17-15(23)19-6-5-18-8-13-7-14(22)9-20(13)16(24)27-10-11-1-3-12(4-2-11)21(25)26/h1-4,13-14,18,22H,5-10H2,(H3,17,19,23)/t13-,14+/m0/s1. The van der Waals surface area contributed by atoms with Crippen LogP contribution >= 0.6 is 0 Å². The average Bonchev–Trinajstić information content (AvgIpc) is 3.00. The first-order valence-electron chi connectivity index (χ1n) is 8.45. The molecule has 0 unspecified atom stereocenters. The van der Waals surface area contributed by atoms with Crippen molar-refractivity contribution in [1.29, 1.82) is 0 Å². The Labute approximate surface area is 155 Å². The van der Waals surface area contributed by atoms with Crippen LogP contribution in [0.1, 0.15) is 12.0 Å². The van der Waals surface area contributed by atoms with E-state index < -0.39 is 23.2 Å². The van der Waals surface area contributed by atoms with E-state index in [1.54, 1.807) is 0 Å². The smallest absolute Gasteiger partial charge is 0.410 e. The van der Waals surface area contributed by atoms with E-state index in [0.717, 1.165) is 0 Å². The zero-order chi connectivity index (χ0) is 19.8. The topological polar surface area (TPSA) is 160 Å². The highest BCUT2D eigenvalue weighted by Gasteiger charge is 2.34. The number of hydrogen-bond donors (Lipinski definition) is 4. The third kappa shape index (κ3) is 6.38. The van der Waals surface area contributed by atoms with Gasteiger partial charge in [0, 0.05) is 31.8 Å². The molecule has 2 atom stereocenters. The fourth-order valence-corrected chi connectivity index (χ4v) is 2.79. The lowest BCUT2D eigenvalue weighted by atomic mass is 10.2. The molecule has 3 amide bonds. The quantitative estimate of drug-likeness (QED) is 0.278. The molecule has 0 spiro atoms. The van der Waals surface area contributed by atoms with Crippen LogP contribution in [-0.2, 0) is 11.3 Å². The number of rotatable bonds is 8. The number of primary amides is 1. The van der Waals surface area contributed by atoms with Crippen LogP contribution in [0.15, 0.2) is 24.3 Å². The highest BCUT2D eigenvalue weighted by molar-refractivity contribution is 5.71. The van der Waals surface area contributed by atoms with Gasteiger partial charge in [0.15, 0.2) is 0 Å². The molecule has 0 aromatic heterocycles. The minimum Gasteiger partial charge on any atom is -0.445 e. The summed E-state index contributed by atoms with van der Waals surface area (Å²) in [6.07, 6.45) is -0.775. The Kier molecular flexibility index (Phi) is 7.32. The molecule has 0 radical (unpaired) electrons. The Bertz CT molecular complexity index is 668. The second-order valence-electron chi connectivity index (χ2n) is 6.17. The van der Waals surface area contributed by atoms with Gasteiger partial charge in [-0.25, -0.2) is 9.59 Å². The molecule has 1 aromatic carbocycles. The second kappa shape index (κ2) is 9.69. The summed E-state index contributed by atoms with van der Waals surface area (Å²) >= 11 is 0. The van der Waals surface area contributed by atoms with Crippen molar-refractivity contribution >= 4 is 17.8 Å². The first-order valence-corrected chi connectivity index (χ1v) is 8.45. The highest BCUT2D eigenvalue weighted by atomic mass is 16.6. The number of nitrogens with zero attached hydrogens (tertiary/aromatic N) is 2. The third-order valence-electron chi connectivity index (χ3n) is 4.12. The van der Waals surface area contributed by atoms with Gasteiger partial charge in [0.1, 0.15) is 6.61 Å². The van der Waals surface area contributed by atoms with Gasteiger partial charge in [0.2, 0.25) is 0 Å². The number of nitrogens with two attached hydrogens (primary N) is 1. The van der Waals surface area contributed by atoms with Crippen LogP contribution in [0.25, 0.3) is 0 Å². The maximum atomic E-state index is 12.3. The van der Waals surface area contributed by atoms with Gasteiger partial charge in [-0.05, 0) is 24.1 Å². The fourth-order valence-electron chi connectivity index (χ4n) is 2.79. The maximum Gasteiger partial charge on any atom is 0.410 e. The largest absolute Gasteiger partial charge is 0.445 e. The molecule has 0 aliphatic carbocycles. The van der Waals surface area contributed by atoms with Crippen LogP contribution in [0.2, 0.25) is 0 Å². The van der Waals surface area contributed by atoms with E-state index in [1.165, 1.54) is 29.2 Å². The zero-order valence-corrected chi connectivity index (χ0v) is 14.7. The van der Waals surface area contributed by atoms with Crippen molar-refractivity contribution in [3.05, 3.63) is 39.9 Å². The number of non-ortho nitro benzene ring substituents is 1. The first kappa shape index (κ1) is 20.4. The van der Waals surface area contributed by atoms with Gasteiger partial charge in [-0.2, -0.15) is 0 Å². The third-order valence-corrected chi connectivity index (χ3v) is 4.12. The summed E-state index contributed by atoms with van der Waals surface area (Å²) in [4.78, 5) is 34.5. The minimum atomic E-state index is -0.632. The summed E-state index contributed by atoms with van der Waals surface area (Å²) < 4.78 is 5.25. The predicted molar refractivity (Wildman–Crippen MR) is 94.9 cm³/mol. The highest BCUT2D eigenvalue weighted by Crippen LogP contribution is 2.19. The van der Waals surface area contributed by atoms with Crippen LogP contribution in [0.4, 0.5) is 15.3 Å². The van der Waals surface area contributed by atoms with Crippen molar-refractivity contribution in [2.24, 2.45) is 5.73 Å². The van der Waals surface area contributed by atoms with Gasteiger partial charge < -0.3 is 31.1 Å². The summed E-state index contributed by atoms with van der Waals surface area (Å²) in [5, 5.41) is 26.0. The molecule has 11 heteroatoms. The lowest BCUT2D eigenvalue weighted by molar-refractivity contribution is -0.384. The predicted octanol–water partition coefficient (Wildman–Crippen LogP) is -0.0755. The Hall–Kier alpha value is -2.92. The van der Waals surface area contributed by atoms with E-state index in [9.17, 15) is 24.8 Å². The van der Waals surface area contributed by atoms with E-state index in [2.05, 4.69) is 10.6 Å². The average molecular weight is 381 g/mol. The van der Waals surface area contributed by atoms with E-state index in [0.29, 0.717) is 31.6 Å². The van der Waals surface area contributed by atoms with Gasteiger partial charge in [-0.1, -0.05) is 0 Å². The number of carbonyl (C=O) groups excluding carboxylic acids is 2. The molecule has 1 aliphatic heterocycles. The first-order chi connectivity index (χ1) is 12.9. The van der Waals surface area contributed by atoms with Gasteiger partial charge in [-0.15, -0.1) is 0 Å². The van der Waals surface area contributed by atoms with Crippen LogP contribution in [0, 0.1) is 10.1 Å². The molecular formula is C16H23N5O6. The molecular weight excluding hydrogens is 358 g/mol. The number of carbonyl (C=O) groups is 2. The lowest BCUT2D eigenvalue weighted by Crippen LogP contribution is -2.43. The molecule has 27 heavy (non-hydrogen) atoms. The number of nitro benzene ring substituents is 1. The van der Waals surface area contributed by atoms with Crippen molar-refractivity contribution in [3.63, 3.8) is 0 Å². The van der Waals surface area contributed by atoms with Crippen LogP contribution in [0.5, 0.6) is 0 Å². The van der Waals surface area contributed by atoms with Gasteiger partial charge in [0.05, 0.1) is 23.6 Å². The van der Waals surface area contributed by atoms with Crippen LogP contribution in [0.3, 0.4) is 0 Å². The number of β-amino-alcohol motifs (C(OH)–C–C–N with tert-alkyl or cyclic N) is 1.